The molecule has 2 nitrogen and oxygen atoms in total. The highest BCUT2D eigenvalue weighted by molar-refractivity contribution is 6.30. The molecule has 0 heterocycles. The third-order valence-corrected chi connectivity index (χ3v) is 5.87. The summed E-state index contributed by atoms with van der Waals surface area (Å²) in [5.74, 6) is -0.974. The highest BCUT2D eigenvalue weighted by atomic mass is 35.5. The fourth-order valence-electron chi connectivity index (χ4n) is 4.14. The SMILES string of the molecule is O=C1C(=Cc2cc(F)ccc2F)C(c2ccccc2)c2cccc(Oc3ccc(Cl)cc3)c21. The highest BCUT2D eigenvalue weighted by Gasteiger charge is 2.38. The number of allylic oxidation sites excluding steroid dienone is 1. The van der Waals surface area contributed by atoms with Crippen LogP contribution in [0.4, 0.5) is 8.78 Å². The normalized spacial score (nSPS) is 16.2. The Bertz CT molecular complexity index is 1380. The summed E-state index contributed by atoms with van der Waals surface area (Å²) in [6.45, 7) is 0. The van der Waals surface area contributed by atoms with E-state index in [-0.39, 0.29) is 11.3 Å². The second-order valence-electron chi connectivity index (χ2n) is 7.71. The Morgan fingerprint density at radius 2 is 1.61 bits per heavy atom. The van der Waals surface area contributed by atoms with Crippen molar-refractivity contribution in [2.45, 2.75) is 5.92 Å². The van der Waals surface area contributed by atoms with Crippen molar-refractivity contribution in [3.63, 3.8) is 0 Å². The lowest BCUT2D eigenvalue weighted by atomic mass is 9.89. The van der Waals surface area contributed by atoms with Crippen LogP contribution in [0.3, 0.4) is 0 Å². The van der Waals surface area contributed by atoms with Crippen LogP contribution in [0.15, 0.2) is 96.6 Å². The molecule has 0 amide bonds. The van der Waals surface area contributed by atoms with Crippen molar-refractivity contribution >= 4 is 23.5 Å². The molecule has 1 aliphatic carbocycles. The first-order chi connectivity index (χ1) is 16.0. The van der Waals surface area contributed by atoms with Crippen molar-refractivity contribution in [2.24, 2.45) is 0 Å². The summed E-state index contributed by atoms with van der Waals surface area (Å²) < 4.78 is 34.3. The quantitative estimate of drug-likeness (QED) is 0.291. The monoisotopic (exact) mass is 458 g/mol. The van der Waals surface area contributed by atoms with Crippen molar-refractivity contribution in [3.8, 4) is 11.5 Å². The Morgan fingerprint density at radius 1 is 0.848 bits per heavy atom. The number of carbonyl (C=O) groups excluding carboxylic acids is 1. The van der Waals surface area contributed by atoms with E-state index in [1.54, 1.807) is 30.3 Å². The molecule has 1 unspecified atom stereocenters. The van der Waals surface area contributed by atoms with Crippen molar-refractivity contribution in [2.75, 3.05) is 0 Å². The maximum absolute atomic E-state index is 14.4. The first kappa shape index (κ1) is 21.1. The summed E-state index contributed by atoms with van der Waals surface area (Å²) in [5.41, 5.74) is 2.40. The third kappa shape index (κ3) is 4.06. The van der Waals surface area contributed by atoms with E-state index >= 15 is 0 Å². The van der Waals surface area contributed by atoms with Crippen LogP contribution in [0.2, 0.25) is 5.02 Å². The molecule has 0 aromatic heterocycles. The predicted octanol–water partition coefficient (Wildman–Crippen LogP) is 7.82. The van der Waals surface area contributed by atoms with Gasteiger partial charge in [0.2, 0.25) is 0 Å². The van der Waals surface area contributed by atoms with Crippen molar-refractivity contribution < 1.29 is 18.3 Å². The van der Waals surface area contributed by atoms with E-state index in [2.05, 4.69) is 0 Å². The van der Waals surface area contributed by atoms with Gasteiger partial charge in [-0.3, -0.25) is 4.79 Å². The van der Waals surface area contributed by atoms with Gasteiger partial charge in [0.05, 0.1) is 5.56 Å². The smallest absolute Gasteiger partial charge is 0.194 e. The van der Waals surface area contributed by atoms with Gasteiger partial charge in [-0.2, -0.15) is 0 Å². The molecule has 0 radical (unpaired) electrons. The first-order valence-electron chi connectivity index (χ1n) is 10.3. The Hall–Kier alpha value is -3.76. The number of hydrogen-bond donors (Lipinski definition) is 0. The second kappa shape index (κ2) is 8.64. The van der Waals surface area contributed by atoms with Gasteiger partial charge in [-0.25, -0.2) is 8.78 Å². The van der Waals surface area contributed by atoms with E-state index < -0.39 is 17.6 Å². The fourth-order valence-corrected chi connectivity index (χ4v) is 4.26. The molecule has 162 valence electrons. The van der Waals surface area contributed by atoms with E-state index in [4.69, 9.17) is 16.3 Å². The van der Waals surface area contributed by atoms with E-state index in [0.717, 1.165) is 29.3 Å². The molecule has 0 N–H and O–H groups in total. The lowest BCUT2D eigenvalue weighted by molar-refractivity contribution is 0.103. The molecule has 4 aromatic carbocycles. The topological polar surface area (TPSA) is 26.3 Å². The van der Waals surface area contributed by atoms with Crippen LogP contribution in [-0.4, -0.2) is 5.78 Å². The highest BCUT2D eigenvalue weighted by Crippen LogP contribution is 2.47. The first-order valence-corrected chi connectivity index (χ1v) is 10.7. The van der Waals surface area contributed by atoms with Gasteiger partial charge in [-0.15, -0.1) is 0 Å². The zero-order valence-electron chi connectivity index (χ0n) is 17.3. The van der Waals surface area contributed by atoms with Gasteiger partial charge in [-0.1, -0.05) is 54.1 Å². The molecule has 0 saturated carbocycles. The van der Waals surface area contributed by atoms with Crippen LogP contribution < -0.4 is 4.74 Å². The molecule has 0 bridgehead atoms. The van der Waals surface area contributed by atoms with Crippen LogP contribution in [-0.2, 0) is 0 Å². The van der Waals surface area contributed by atoms with Gasteiger partial charge in [0.15, 0.2) is 5.78 Å². The minimum Gasteiger partial charge on any atom is -0.457 e. The molecule has 33 heavy (non-hydrogen) atoms. The number of ketones is 1. The largest absolute Gasteiger partial charge is 0.457 e. The number of Topliss-reactive ketones (excluding diaryl/α,β-unsaturated/α-hetero) is 1. The van der Waals surface area contributed by atoms with E-state index in [0.29, 0.717) is 27.7 Å². The Balaban J connectivity index is 1.67. The van der Waals surface area contributed by atoms with E-state index in [1.807, 2.05) is 42.5 Å². The van der Waals surface area contributed by atoms with E-state index in [9.17, 15) is 13.6 Å². The minimum absolute atomic E-state index is 0.0206. The fraction of sp³-hybridized carbons (Fsp3) is 0.0357. The molecule has 1 aliphatic rings. The summed E-state index contributed by atoms with van der Waals surface area (Å²) in [6.07, 6.45) is 1.44. The molecule has 0 fully saturated rings. The Kier molecular flexibility index (Phi) is 5.53. The van der Waals surface area contributed by atoms with Crippen LogP contribution in [0.5, 0.6) is 11.5 Å². The Morgan fingerprint density at radius 3 is 2.36 bits per heavy atom. The van der Waals surface area contributed by atoms with Gasteiger partial charge < -0.3 is 4.74 Å². The van der Waals surface area contributed by atoms with Gasteiger partial charge in [-0.05, 0) is 65.7 Å². The molecule has 0 aliphatic heterocycles. The zero-order chi connectivity index (χ0) is 22.9. The van der Waals surface area contributed by atoms with Crippen LogP contribution in [0.1, 0.15) is 33.0 Å². The lowest BCUT2D eigenvalue weighted by Crippen LogP contribution is -2.03. The molecule has 5 heteroatoms. The zero-order valence-corrected chi connectivity index (χ0v) is 18.0. The molecular formula is C28H17ClF2O2. The maximum atomic E-state index is 14.4. The maximum Gasteiger partial charge on any atom is 0.194 e. The summed E-state index contributed by atoms with van der Waals surface area (Å²) >= 11 is 5.96. The van der Waals surface area contributed by atoms with Gasteiger partial charge in [0.25, 0.3) is 0 Å². The van der Waals surface area contributed by atoms with Crippen LogP contribution in [0, 0.1) is 11.6 Å². The van der Waals surface area contributed by atoms with Crippen LogP contribution in [0.25, 0.3) is 6.08 Å². The Labute approximate surface area is 194 Å². The standard InChI is InChI=1S/C28H17ClF2O2/c29-19-9-12-21(13-10-19)33-25-8-4-7-22-26(17-5-2-1-3-6-17)23(28(32)27(22)25)16-18-15-20(30)11-14-24(18)31/h1-16,26H. The van der Waals surface area contributed by atoms with Crippen molar-refractivity contribution in [1.82, 2.24) is 0 Å². The number of hydrogen-bond acceptors (Lipinski definition) is 2. The summed E-state index contributed by atoms with van der Waals surface area (Å²) in [5, 5.41) is 0.572. The van der Waals surface area contributed by atoms with E-state index in [1.165, 1.54) is 6.08 Å². The van der Waals surface area contributed by atoms with Crippen LogP contribution >= 0.6 is 11.6 Å². The summed E-state index contributed by atoms with van der Waals surface area (Å²) in [6, 6.07) is 24.9. The molecule has 5 rings (SSSR count). The number of benzene rings is 4. The molecule has 4 aromatic rings. The molecule has 0 spiro atoms. The number of halogens is 3. The lowest BCUT2D eigenvalue weighted by Gasteiger charge is -2.14. The van der Waals surface area contributed by atoms with Crippen molar-refractivity contribution in [3.05, 3.63) is 135 Å². The number of carbonyl (C=O) groups is 1. The average Bonchev–Trinajstić information content (AvgIpc) is 3.10. The minimum atomic E-state index is -0.600. The number of fused-ring (bicyclic) bond motifs is 1. The van der Waals surface area contributed by atoms with Crippen molar-refractivity contribution in [1.29, 1.82) is 0 Å². The van der Waals surface area contributed by atoms with Gasteiger partial charge >= 0.3 is 0 Å². The number of ether oxygens (including phenoxy) is 1. The predicted molar refractivity (Wildman–Crippen MR) is 125 cm³/mol. The summed E-state index contributed by atoms with van der Waals surface area (Å²) in [7, 11) is 0. The molecule has 1 atom stereocenters. The van der Waals surface area contributed by atoms with Gasteiger partial charge in [0.1, 0.15) is 23.1 Å². The second-order valence-corrected chi connectivity index (χ2v) is 8.15. The number of rotatable bonds is 4. The average molecular weight is 459 g/mol. The third-order valence-electron chi connectivity index (χ3n) is 5.61. The van der Waals surface area contributed by atoms with Gasteiger partial charge in [0, 0.05) is 22.1 Å². The molecule has 0 saturated heterocycles. The summed E-state index contributed by atoms with van der Waals surface area (Å²) in [4.78, 5) is 13.7. The molecular weight excluding hydrogens is 442 g/mol.